The number of fused-ring (bicyclic) bond motifs is 1. The number of ketones is 1. The first-order valence-corrected chi connectivity index (χ1v) is 15.1. The van der Waals surface area contributed by atoms with Gasteiger partial charge in [-0.2, -0.15) is 0 Å². The minimum Gasteiger partial charge on any atom is -0.469 e. The van der Waals surface area contributed by atoms with Crippen LogP contribution in [0.5, 0.6) is 0 Å². The third-order valence-corrected chi connectivity index (χ3v) is 6.94. The summed E-state index contributed by atoms with van der Waals surface area (Å²) in [7, 11) is 0. The Balaban J connectivity index is 0.000000191. The Morgan fingerprint density at radius 3 is 2.07 bits per heavy atom. The van der Waals surface area contributed by atoms with E-state index in [-0.39, 0.29) is 5.78 Å². The molecule has 5 rings (SSSR count). The van der Waals surface area contributed by atoms with Crippen LogP contribution in [0.1, 0.15) is 64.0 Å². The van der Waals surface area contributed by atoms with Crippen molar-refractivity contribution in [3.8, 4) is 11.1 Å². The van der Waals surface area contributed by atoms with Crippen molar-refractivity contribution in [2.24, 2.45) is 0 Å². The van der Waals surface area contributed by atoms with Crippen LogP contribution in [0.3, 0.4) is 0 Å². The molecular formula is C38H46N2O2. The number of carbonyl (C=O) groups is 1. The number of rotatable bonds is 10. The zero-order valence-electron chi connectivity index (χ0n) is 26.0. The fourth-order valence-corrected chi connectivity index (χ4v) is 4.80. The molecule has 220 valence electrons. The van der Waals surface area contributed by atoms with Gasteiger partial charge in [0.05, 0.1) is 12.0 Å². The van der Waals surface area contributed by atoms with E-state index in [2.05, 4.69) is 69.5 Å². The van der Waals surface area contributed by atoms with Gasteiger partial charge >= 0.3 is 0 Å². The Morgan fingerprint density at radius 1 is 0.833 bits per heavy atom. The Morgan fingerprint density at radius 2 is 1.50 bits per heavy atom. The van der Waals surface area contributed by atoms with Crippen molar-refractivity contribution < 1.29 is 9.21 Å². The second kappa shape index (κ2) is 16.8. The molecule has 0 atom stereocenters. The summed E-state index contributed by atoms with van der Waals surface area (Å²) in [5.41, 5.74) is 7.30. The summed E-state index contributed by atoms with van der Waals surface area (Å²) in [4.78, 5) is 14.2. The maximum Gasteiger partial charge on any atom is 0.161 e. The molecule has 0 fully saturated rings. The fraction of sp³-hybridized carbons (Fsp3) is 0.289. The number of anilines is 1. The standard InChI is InChI=1S/C18H15NO.C13H21N.C7H10O/c1-13(14(2)20)18-17(15-8-4-3-5-9-15)12-16-10-6-7-11-19(16)18;1-4-10-14(11-5-2)13-8-6-12(3)7-9-13;1-2-4-7-5-3-6-8-7/h3-12H,1H2,2H3;6-9H,4-5,10-11H2,1-3H3;3,5-6H,2,4H2,1H3. The van der Waals surface area contributed by atoms with E-state index in [9.17, 15) is 4.79 Å². The van der Waals surface area contributed by atoms with Crippen LogP contribution in [-0.2, 0) is 11.2 Å². The first-order chi connectivity index (χ1) is 20.4. The number of aromatic nitrogens is 1. The second-order valence-corrected chi connectivity index (χ2v) is 10.5. The zero-order chi connectivity index (χ0) is 30.3. The van der Waals surface area contributed by atoms with Crippen molar-refractivity contribution in [3.05, 3.63) is 127 Å². The molecule has 2 aromatic carbocycles. The number of furan rings is 1. The van der Waals surface area contributed by atoms with E-state index in [4.69, 9.17) is 4.42 Å². The van der Waals surface area contributed by atoms with Crippen molar-refractivity contribution in [1.29, 1.82) is 0 Å². The smallest absolute Gasteiger partial charge is 0.161 e. The normalized spacial score (nSPS) is 10.3. The van der Waals surface area contributed by atoms with Gasteiger partial charge in [-0.05, 0) is 81.1 Å². The monoisotopic (exact) mass is 562 g/mol. The Bertz CT molecular complexity index is 1490. The van der Waals surface area contributed by atoms with E-state index in [1.165, 1.54) is 24.1 Å². The van der Waals surface area contributed by atoms with Crippen molar-refractivity contribution in [2.75, 3.05) is 18.0 Å². The van der Waals surface area contributed by atoms with Crippen LogP contribution < -0.4 is 4.90 Å². The largest absolute Gasteiger partial charge is 0.469 e. The number of carbonyl (C=O) groups excluding carboxylic acids is 1. The van der Waals surface area contributed by atoms with Gasteiger partial charge in [0, 0.05) is 48.0 Å². The van der Waals surface area contributed by atoms with E-state index in [0.29, 0.717) is 5.57 Å². The number of pyridine rings is 1. The average molecular weight is 563 g/mol. The second-order valence-electron chi connectivity index (χ2n) is 10.5. The lowest BCUT2D eigenvalue weighted by molar-refractivity contribution is -0.111. The minimum atomic E-state index is -0.00830. The third kappa shape index (κ3) is 9.10. The molecule has 0 amide bonds. The highest BCUT2D eigenvalue weighted by molar-refractivity contribution is 6.20. The summed E-state index contributed by atoms with van der Waals surface area (Å²) >= 11 is 0. The summed E-state index contributed by atoms with van der Waals surface area (Å²) in [6, 6.07) is 30.9. The number of aryl methyl sites for hydroxylation is 2. The molecule has 0 N–H and O–H groups in total. The molecule has 0 spiro atoms. The highest BCUT2D eigenvalue weighted by atomic mass is 16.3. The van der Waals surface area contributed by atoms with Gasteiger partial charge < -0.3 is 13.7 Å². The van der Waals surface area contributed by atoms with Crippen LogP contribution in [0.15, 0.2) is 114 Å². The van der Waals surface area contributed by atoms with Gasteiger partial charge in [0.15, 0.2) is 5.78 Å². The van der Waals surface area contributed by atoms with E-state index in [0.717, 1.165) is 54.0 Å². The first kappa shape index (κ1) is 32.2. The van der Waals surface area contributed by atoms with Gasteiger partial charge in [-0.25, -0.2) is 0 Å². The Hall–Kier alpha value is -4.31. The summed E-state index contributed by atoms with van der Waals surface area (Å²) in [5, 5.41) is 0. The van der Waals surface area contributed by atoms with Crippen molar-refractivity contribution >= 4 is 22.6 Å². The molecule has 3 aromatic heterocycles. The van der Waals surface area contributed by atoms with Gasteiger partial charge in [-0.15, -0.1) is 0 Å². The zero-order valence-corrected chi connectivity index (χ0v) is 26.0. The number of hydrogen-bond acceptors (Lipinski definition) is 3. The molecule has 5 aromatic rings. The fourth-order valence-electron chi connectivity index (χ4n) is 4.80. The van der Waals surface area contributed by atoms with E-state index >= 15 is 0 Å². The van der Waals surface area contributed by atoms with Gasteiger partial charge in [0.2, 0.25) is 0 Å². The number of nitrogens with zero attached hydrogens (tertiary/aromatic N) is 2. The van der Waals surface area contributed by atoms with E-state index in [1.54, 1.807) is 13.2 Å². The molecule has 4 nitrogen and oxygen atoms in total. The van der Waals surface area contributed by atoms with E-state index in [1.807, 2.05) is 71.3 Å². The molecule has 0 saturated heterocycles. The molecule has 42 heavy (non-hydrogen) atoms. The predicted octanol–water partition coefficient (Wildman–Crippen LogP) is 10.1. The Labute approximate surface area is 252 Å². The SMILES string of the molecule is C=C(C(C)=O)c1c(-c2ccccc2)cc2ccccn12.CCCN(CCC)c1ccc(C)cc1.CCCc1ccco1. The summed E-state index contributed by atoms with van der Waals surface area (Å²) in [6.45, 7) is 16.6. The average Bonchev–Trinajstić information content (AvgIpc) is 3.66. The maximum absolute atomic E-state index is 11.8. The topological polar surface area (TPSA) is 37.9 Å². The molecule has 0 unspecified atom stereocenters. The molecular weight excluding hydrogens is 516 g/mol. The molecule has 0 radical (unpaired) electrons. The van der Waals surface area contributed by atoms with Crippen LogP contribution in [0.25, 0.3) is 22.2 Å². The lowest BCUT2D eigenvalue weighted by Gasteiger charge is -2.23. The van der Waals surface area contributed by atoms with Crippen molar-refractivity contribution in [3.63, 3.8) is 0 Å². The van der Waals surface area contributed by atoms with Crippen molar-refractivity contribution in [1.82, 2.24) is 4.40 Å². The molecule has 0 saturated carbocycles. The summed E-state index contributed by atoms with van der Waals surface area (Å²) in [5.74, 6) is 1.08. The van der Waals surface area contributed by atoms with Gasteiger partial charge in [0.25, 0.3) is 0 Å². The summed E-state index contributed by atoms with van der Waals surface area (Å²) < 4.78 is 7.09. The number of hydrogen-bond donors (Lipinski definition) is 0. The minimum absolute atomic E-state index is 0.00830. The van der Waals surface area contributed by atoms with Crippen LogP contribution in [0, 0.1) is 6.92 Å². The lowest BCUT2D eigenvalue weighted by atomic mass is 10.0. The molecule has 4 heteroatoms. The number of Topliss-reactive ketones (excluding diaryl/α,β-unsaturated/α-hetero) is 1. The van der Waals surface area contributed by atoms with E-state index < -0.39 is 0 Å². The maximum atomic E-state index is 11.8. The number of allylic oxidation sites excluding steroid dienone is 1. The Kier molecular flexibility index (Phi) is 12.9. The molecule has 0 aliphatic rings. The first-order valence-electron chi connectivity index (χ1n) is 15.1. The van der Waals surface area contributed by atoms with Gasteiger partial charge in [0.1, 0.15) is 5.76 Å². The molecule has 0 aliphatic heterocycles. The van der Waals surface area contributed by atoms with Crippen molar-refractivity contribution in [2.45, 2.75) is 60.3 Å². The number of benzene rings is 2. The van der Waals surface area contributed by atoms with Gasteiger partial charge in [-0.1, -0.05) is 81.4 Å². The van der Waals surface area contributed by atoms with Gasteiger partial charge in [-0.3, -0.25) is 4.79 Å². The molecule has 0 aliphatic carbocycles. The van der Waals surface area contributed by atoms with Crippen LogP contribution >= 0.6 is 0 Å². The molecule has 3 heterocycles. The quantitative estimate of drug-likeness (QED) is 0.159. The third-order valence-electron chi connectivity index (χ3n) is 6.94. The predicted molar refractivity (Wildman–Crippen MR) is 179 cm³/mol. The van der Waals surface area contributed by atoms with Crippen LogP contribution in [-0.4, -0.2) is 23.3 Å². The lowest BCUT2D eigenvalue weighted by Crippen LogP contribution is -2.24. The summed E-state index contributed by atoms with van der Waals surface area (Å²) in [6.07, 6.45) is 8.33. The highest BCUT2D eigenvalue weighted by Crippen LogP contribution is 2.32. The highest BCUT2D eigenvalue weighted by Gasteiger charge is 2.16. The van der Waals surface area contributed by atoms with Crippen LogP contribution in [0.4, 0.5) is 5.69 Å². The van der Waals surface area contributed by atoms with Crippen LogP contribution in [0.2, 0.25) is 0 Å². The molecule has 0 bridgehead atoms.